The second-order valence-corrected chi connectivity index (χ2v) is 15.1. The van der Waals surface area contributed by atoms with E-state index in [-0.39, 0.29) is 18.9 Å². The number of hydrogen-bond donors (Lipinski definition) is 1. The highest BCUT2D eigenvalue weighted by Gasteiger charge is 2.29. The van der Waals surface area contributed by atoms with Crippen molar-refractivity contribution < 1.29 is 42.8 Å². The van der Waals surface area contributed by atoms with E-state index in [1.54, 1.807) is 49.7 Å². The smallest absolute Gasteiger partial charge is 0.345 e. The van der Waals surface area contributed by atoms with Gasteiger partial charge in [-0.05, 0) is 84.1 Å². The molecule has 15 heteroatoms. The van der Waals surface area contributed by atoms with Crippen LogP contribution in [0.25, 0.3) is 43.2 Å². The van der Waals surface area contributed by atoms with E-state index in [1.807, 2.05) is 43.3 Å². The number of rotatable bonds is 14. The molecule has 3 aromatic heterocycles. The molecule has 304 valence electrons. The number of halogens is 2. The van der Waals surface area contributed by atoms with Crippen molar-refractivity contribution in [3.63, 3.8) is 0 Å². The summed E-state index contributed by atoms with van der Waals surface area (Å²) in [5, 5.41) is 11.5. The summed E-state index contributed by atoms with van der Waals surface area (Å²) in [7, 11) is 1.57. The van der Waals surface area contributed by atoms with E-state index >= 15 is 0 Å². The average molecular weight is 847 g/mol. The van der Waals surface area contributed by atoms with Gasteiger partial charge in [0.05, 0.1) is 42.0 Å². The number of ether oxygens (including phenoxy) is 5. The van der Waals surface area contributed by atoms with Crippen LogP contribution in [0.15, 0.2) is 97.5 Å². The summed E-state index contributed by atoms with van der Waals surface area (Å²) >= 11 is 8.35. The van der Waals surface area contributed by atoms with Crippen LogP contribution >= 0.6 is 22.9 Å². The monoisotopic (exact) mass is 846 g/mol. The number of methoxy groups -OCH3 is 1. The van der Waals surface area contributed by atoms with Crippen molar-refractivity contribution in [2.24, 2.45) is 0 Å². The van der Waals surface area contributed by atoms with Gasteiger partial charge in [-0.3, -0.25) is 4.79 Å². The van der Waals surface area contributed by atoms with Crippen molar-refractivity contribution in [2.45, 2.75) is 38.8 Å². The van der Waals surface area contributed by atoms with Crippen LogP contribution in [0.1, 0.15) is 45.5 Å². The number of benzene rings is 4. The van der Waals surface area contributed by atoms with Crippen LogP contribution in [0.5, 0.6) is 17.4 Å². The maximum atomic E-state index is 14.2. The number of para-hydroxylation sites is 1. The van der Waals surface area contributed by atoms with Crippen LogP contribution in [-0.2, 0) is 27.3 Å². The highest BCUT2D eigenvalue weighted by atomic mass is 35.5. The van der Waals surface area contributed by atoms with Gasteiger partial charge in [-0.15, -0.1) is 11.3 Å². The largest absolute Gasteiger partial charge is 0.496 e. The number of carbonyl (C=O) groups is 2. The van der Waals surface area contributed by atoms with E-state index in [0.29, 0.717) is 107 Å². The van der Waals surface area contributed by atoms with E-state index < -0.39 is 24.2 Å². The molecule has 0 amide bonds. The molecular weight excluding hydrogens is 811 g/mol. The van der Waals surface area contributed by atoms with Crippen LogP contribution in [0, 0.1) is 12.7 Å². The molecule has 1 saturated heterocycles. The van der Waals surface area contributed by atoms with Crippen LogP contribution in [0.2, 0.25) is 5.02 Å². The number of carbonyl (C=O) groups excluding carboxylic acids is 1. The zero-order valence-electron chi connectivity index (χ0n) is 32.3. The summed E-state index contributed by atoms with van der Waals surface area (Å²) in [6.07, 6.45) is 2.02. The normalized spacial score (nSPS) is 13.5. The Bertz CT molecular complexity index is 2710. The highest BCUT2D eigenvalue weighted by molar-refractivity contribution is 7.22. The van der Waals surface area contributed by atoms with Gasteiger partial charge in [0.2, 0.25) is 12.0 Å². The predicted molar refractivity (Wildman–Crippen MR) is 223 cm³/mol. The molecule has 1 atom stereocenters. The number of carboxylic acids is 1. The Kier molecular flexibility index (Phi) is 12.1. The summed E-state index contributed by atoms with van der Waals surface area (Å²) in [5.41, 5.74) is 5.36. The first kappa shape index (κ1) is 40.5. The number of hydrogen-bond acceptors (Lipinski definition) is 12. The Morgan fingerprint density at radius 2 is 1.80 bits per heavy atom. The average Bonchev–Trinajstić information content (AvgIpc) is 3.67. The third-order valence-corrected chi connectivity index (χ3v) is 11.6. The molecule has 0 radical (unpaired) electrons. The van der Waals surface area contributed by atoms with E-state index in [1.165, 1.54) is 29.8 Å². The molecule has 1 unspecified atom stereocenters. The number of nitrogens with zero attached hydrogens (tertiary/aromatic N) is 4. The fraction of sp³-hybridized carbons (Fsp3) is 0.200. The van der Waals surface area contributed by atoms with Gasteiger partial charge in [-0.25, -0.2) is 29.1 Å². The lowest BCUT2D eigenvalue weighted by Crippen LogP contribution is -2.30. The van der Waals surface area contributed by atoms with Crippen molar-refractivity contribution in [3.05, 3.63) is 136 Å². The van der Waals surface area contributed by atoms with Gasteiger partial charge in [-0.1, -0.05) is 48.0 Å². The fourth-order valence-electron chi connectivity index (χ4n) is 6.96. The molecule has 8 rings (SSSR count). The van der Waals surface area contributed by atoms with E-state index in [0.717, 1.165) is 6.42 Å². The molecule has 4 heterocycles. The van der Waals surface area contributed by atoms with Crippen molar-refractivity contribution >= 4 is 45.4 Å². The van der Waals surface area contributed by atoms with Gasteiger partial charge in [0.1, 0.15) is 41.4 Å². The van der Waals surface area contributed by atoms with Crippen LogP contribution in [0.3, 0.4) is 0 Å². The maximum absolute atomic E-state index is 14.2. The summed E-state index contributed by atoms with van der Waals surface area (Å²) in [6, 6.07) is 23.6. The summed E-state index contributed by atoms with van der Waals surface area (Å²) in [6.45, 7) is 2.95. The number of aldehydes is 1. The molecule has 0 spiro atoms. The molecule has 1 aliphatic heterocycles. The molecular formula is C45H36ClFN4O8S. The molecule has 4 aromatic carbocycles. The SMILES string of the molecule is COc1ccccc1-c1nccc(COc2ccc(C=O)cc2CC(Oc2ncnc3sc(-c4ccc(F)cc4)c(-c4ccc(C5OCCCO5)c(Cl)c4C)c23)C(=O)O)n1. The van der Waals surface area contributed by atoms with Gasteiger partial charge >= 0.3 is 5.97 Å². The first-order valence-corrected chi connectivity index (χ1v) is 20.0. The quantitative estimate of drug-likeness (QED) is 0.104. The van der Waals surface area contributed by atoms with Gasteiger partial charge in [0.15, 0.2) is 12.1 Å². The standard InChI is InChI=1S/C45H36ClFN4O8S/c1-25-31(13-14-33(39(25)46)45-56-18-5-19-57-45)37-38-42(49-24-50-43(38)60-40(37)27-9-11-29(47)12-10-27)59-36(44(53)54)21-28-20-26(22-52)8-15-34(28)58-23-30-16-17-48-41(51-30)32-6-3-4-7-35(32)55-2/h3-4,6-17,20,22,24,36,45H,5,18-19,21,23H2,1-2H3,(H,53,54). The van der Waals surface area contributed by atoms with Gasteiger partial charge in [0, 0.05) is 34.2 Å². The lowest BCUT2D eigenvalue weighted by molar-refractivity contribution is -0.182. The Labute approximate surface area is 352 Å². The number of aromatic nitrogens is 4. The minimum Gasteiger partial charge on any atom is -0.496 e. The number of carboxylic acid groups (broad SMARTS) is 1. The second-order valence-electron chi connectivity index (χ2n) is 13.7. The fourth-order valence-corrected chi connectivity index (χ4v) is 8.36. The Hall–Kier alpha value is -6.32. The van der Waals surface area contributed by atoms with Gasteiger partial charge in [-0.2, -0.15) is 0 Å². The maximum Gasteiger partial charge on any atom is 0.345 e. The molecule has 7 aromatic rings. The Balaban J connectivity index is 1.15. The molecule has 0 saturated carbocycles. The highest BCUT2D eigenvalue weighted by Crippen LogP contribution is 2.49. The molecule has 1 N–H and O–H groups in total. The molecule has 1 fully saturated rings. The van der Waals surface area contributed by atoms with Crippen LogP contribution in [-0.4, -0.2) is 63.7 Å². The van der Waals surface area contributed by atoms with Gasteiger partial charge in [0.25, 0.3) is 0 Å². The summed E-state index contributed by atoms with van der Waals surface area (Å²) in [4.78, 5) is 44.3. The summed E-state index contributed by atoms with van der Waals surface area (Å²) in [5.74, 6) is -0.302. The van der Waals surface area contributed by atoms with Crippen molar-refractivity contribution in [3.8, 4) is 50.3 Å². The van der Waals surface area contributed by atoms with E-state index in [2.05, 4.69) is 19.9 Å². The van der Waals surface area contributed by atoms with Crippen molar-refractivity contribution in [2.75, 3.05) is 20.3 Å². The first-order chi connectivity index (χ1) is 29.2. The topological polar surface area (TPSA) is 152 Å². The summed E-state index contributed by atoms with van der Waals surface area (Å²) < 4.78 is 43.9. The lowest BCUT2D eigenvalue weighted by Gasteiger charge is -2.25. The van der Waals surface area contributed by atoms with E-state index in [4.69, 9.17) is 35.3 Å². The molecule has 0 aliphatic carbocycles. The minimum absolute atomic E-state index is 0.00410. The third kappa shape index (κ3) is 8.40. The molecule has 1 aliphatic rings. The number of thiophene rings is 1. The van der Waals surface area contributed by atoms with Crippen molar-refractivity contribution in [1.82, 2.24) is 19.9 Å². The number of fused-ring (bicyclic) bond motifs is 1. The van der Waals surface area contributed by atoms with Crippen LogP contribution in [0.4, 0.5) is 4.39 Å². The molecule has 0 bridgehead atoms. The Morgan fingerprint density at radius 3 is 2.57 bits per heavy atom. The molecule has 12 nitrogen and oxygen atoms in total. The van der Waals surface area contributed by atoms with Crippen LogP contribution < -0.4 is 14.2 Å². The van der Waals surface area contributed by atoms with E-state index in [9.17, 15) is 19.1 Å². The third-order valence-electron chi connectivity index (χ3n) is 9.92. The number of aliphatic carboxylic acids is 1. The molecule has 60 heavy (non-hydrogen) atoms. The lowest BCUT2D eigenvalue weighted by atomic mass is 9.94. The zero-order chi connectivity index (χ0) is 41.8. The zero-order valence-corrected chi connectivity index (χ0v) is 33.8. The van der Waals surface area contributed by atoms with Crippen molar-refractivity contribution in [1.29, 1.82) is 0 Å². The minimum atomic E-state index is -1.50. The first-order valence-electron chi connectivity index (χ1n) is 18.8. The van der Waals surface area contributed by atoms with Gasteiger partial charge < -0.3 is 28.8 Å². The Morgan fingerprint density at radius 1 is 1.00 bits per heavy atom. The predicted octanol–water partition coefficient (Wildman–Crippen LogP) is 9.49. The second kappa shape index (κ2) is 17.9.